The van der Waals surface area contributed by atoms with Crippen molar-refractivity contribution in [3.63, 3.8) is 0 Å². The molecule has 3 heterocycles. The molecule has 5 rings (SSSR count). The number of hydrogen-bond donors (Lipinski definition) is 4. The van der Waals surface area contributed by atoms with E-state index in [4.69, 9.17) is 0 Å². The highest BCUT2D eigenvalue weighted by Crippen LogP contribution is 2.29. The van der Waals surface area contributed by atoms with Crippen LogP contribution in [0.4, 0.5) is 25.2 Å². The topological polar surface area (TPSA) is 112 Å². The SMILES string of the molecule is CC(Nc1cc(NC2CC2)n2ncc(/C=C3\NC(=O)NC3=O)c2n1)c1cc(F)cc(F)c1. The van der Waals surface area contributed by atoms with Gasteiger partial charge in [0.1, 0.15) is 29.0 Å². The number of nitrogens with zero attached hydrogens (tertiary/aromatic N) is 3. The standard InChI is InChI=1S/C21H19F2N7O2/c1-10(11-4-13(22)7-14(23)5-11)25-17-8-18(26-15-2-3-15)30-19(28-17)12(9-24-30)6-16-20(31)29-21(32)27-16/h4-10,15,26H,2-3H2,1H3,(H,25,28)(H2,27,29,31,32)/b16-6-. The Morgan fingerprint density at radius 2 is 1.91 bits per heavy atom. The van der Waals surface area contributed by atoms with E-state index in [1.807, 2.05) is 0 Å². The number of carbonyl (C=O) groups excluding carboxylic acids is 2. The molecule has 9 nitrogen and oxygen atoms in total. The normalized spacial score (nSPS) is 18.0. The minimum atomic E-state index is -0.658. The van der Waals surface area contributed by atoms with E-state index in [9.17, 15) is 18.4 Å². The lowest BCUT2D eigenvalue weighted by Crippen LogP contribution is -2.22. The predicted molar refractivity (Wildman–Crippen MR) is 113 cm³/mol. The van der Waals surface area contributed by atoms with Crippen LogP contribution in [0.2, 0.25) is 0 Å². The number of carbonyl (C=O) groups is 2. The molecular weight excluding hydrogens is 420 g/mol. The Balaban J connectivity index is 1.53. The average Bonchev–Trinajstić information content (AvgIpc) is 3.36. The molecular formula is C21H19F2N7O2. The molecule has 3 aromatic rings. The van der Waals surface area contributed by atoms with E-state index in [-0.39, 0.29) is 5.70 Å². The van der Waals surface area contributed by atoms with Crippen LogP contribution in [0.1, 0.15) is 36.9 Å². The number of benzene rings is 1. The smallest absolute Gasteiger partial charge is 0.326 e. The first-order valence-electron chi connectivity index (χ1n) is 10.1. The summed E-state index contributed by atoms with van der Waals surface area (Å²) in [5.74, 6) is -0.716. The van der Waals surface area contributed by atoms with Gasteiger partial charge in [0.2, 0.25) is 0 Å². The van der Waals surface area contributed by atoms with Gasteiger partial charge in [0.05, 0.1) is 12.2 Å². The zero-order valence-electron chi connectivity index (χ0n) is 16.9. The van der Waals surface area contributed by atoms with Gasteiger partial charge in [-0.15, -0.1) is 0 Å². The Kier molecular flexibility index (Phi) is 4.72. The first kappa shape index (κ1) is 19.9. The monoisotopic (exact) mass is 439 g/mol. The Bertz CT molecular complexity index is 1260. The van der Waals surface area contributed by atoms with Crippen LogP contribution >= 0.6 is 0 Å². The van der Waals surface area contributed by atoms with E-state index in [1.54, 1.807) is 23.7 Å². The van der Waals surface area contributed by atoms with Crippen molar-refractivity contribution in [3.05, 3.63) is 58.9 Å². The number of urea groups is 1. The second-order valence-corrected chi connectivity index (χ2v) is 7.82. The van der Waals surface area contributed by atoms with Crippen molar-refractivity contribution in [3.8, 4) is 0 Å². The highest BCUT2D eigenvalue weighted by Gasteiger charge is 2.25. The Morgan fingerprint density at radius 3 is 2.56 bits per heavy atom. The van der Waals surface area contributed by atoms with Crippen LogP contribution in [0.25, 0.3) is 11.7 Å². The minimum absolute atomic E-state index is 0.0883. The predicted octanol–water partition coefficient (Wildman–Crippen LogP) is 2.94. The maximum atomic E-state index is 13.6. The van der Waals surface area contributed by atoms with E-state index in [1.165, 1.54) is 18.2 Å². The summed E-state index contributed by atoms with van der Waals surface area (Å²) in [4.78, 5) is 27.9. The van der Waals surface area contributed by atoms with Crippen LogP contribution in [-0.2, 0) is 4.79 Å². The van der Waals surface area contributed by atoms with Gasteiger partial charge in [-0.05, 0) is 43.5 Å². The third kappa shape index (κ3) is 3.96. The van der Waals surface area contributed by atoms with Crippen LogP contribution in [0.15, 0.2) is 36.2 Å². The maximum Gasteiger partial charge on any atom is 0.326 e. The number of amides is 3. The largest absolute Gasteiger partial charge is 0.367 e. The third-order valence-corrected chi connectivity index (χ3v) is 5.20. The number of hydrogen-bond acceptors (Lipinski definition) is 6. The van der Waals surface area contributed by atoms with Gasteiger partial charge in [-0.3, -0.25) is 10.1 Å². The molecule has 1 saturated carbocycles. The van der Waals surface area contributed by atoms with Crippen molar-refractivity contribution in [1.82, 2.24) is 25.2 Å². The molecule has 2 aliphatic rings. The van der Waals surface area contributed by atoms with Gasteiger partial charge in [0.15, 0.2) is 5.65 Å². The zero-order chi connectivity index (χ0) is 22.4. The lowest BCUT2D eigenvalue weighted by atomic mass is 10.1. The van der Waals surface area contributed by atoms with Gasteiger partial charge in [-0.1, -0.05) is 0 Å². The molecule has 0 spiro atoms. The van der Waals surface area contributed by atoms with Crippen molar-refractivity contribution in [2.75, 3.05) is 10.6 Å². The number of aromatic nitrogens is 3. The Hall–Kier alpha value is -4.02. The molecule has 0 radical (unpaired) electrons. The van der Waals surface area contributed by atoms with Gasteiger partial charge >= 0.3 is 6.03 Å². The molecule has 1 saturated heterocycles. The van der Waals surface area contributed by atoms with Gasteiger partial charge in [0, 0.05) is 23.7 Å². The summed E-state index contributed by atoms with van der Waals surface area (Å²) in [5, 5.41) is 15.5. The molecule has 164 valence electrons. The molecule has 3 amide bonds. The summed E-state index contributed by atoms with van der Waals surface area (Å²) in [6, 6.07) is 4.41. The average molecular weight is 439 g/mol. The van der Waals surface area contributed by atoms with Gasteiger partial charge in [-0.2, -0.15) is 9.61 Å². The highest BCUT2D eigenvalue weighted by molar-refractivity contribution is 6.14. The van der Waals surface area contributed by atoms with Crippen LogP contribution in [0.5, 0.6) is 0 Å². The molecule has 2 aromatic heterocycles. The lowest BCUT2D eigenvalue weighted by molar-refractivity contribution is -0.115. The van der Waals surface area contributed by atoms with Gasteiger partial charge in [-0.25, -0.2) is 18.6 Å². The summed E-state index contributed by atoms with van der Waals surface area (Å²) < 4.78 is 28.9. The molecule has 11 heteroatoms. The van der Waals surface area contributed by atoms with Crippen molar-refractivity contribution in [2.24, 2.45) is 0 Å². The fraction of sp³-hybridized carbons (Fsp3) is 0.238. The molecule has 32 heavy (non-hydrogen) atoms. The minimum Gasteiger partial charge on any atom is -0.367 e. The quantitative estimate of drug-likeness (QED) is 0.347. The van der Waals surface area contributed by atoms with E-state index in [0.29, 0.717) is 34.5 Å². The van der Waals surface area contributed by atoms with E-state index >= 15 is 0 Å². The van der Waals surface area contributed by atoms with Crippen LogP contribution in [0.3, 0.4) is 0 Å². The van der Waals surface area contributed by atoms with Gasteiger partial charge < -0.3 is 16.0 Å². The van der Waals surface area contributed by atoms with Crippen molar-refractivity contribution >= 4 is 35.3 Å². The number of rotatable bonds is 6. The summed E-state index contributed by atoms with van der Waals surface area (Å²) in [5.41, 5.74) is 1.48. The number of nitrogens with one attached hydrogen (secondary N) is 4. The molecule has 1 unspecified atom stereocenters. The van der Waals surface area contributed by atoms with E-state index < -0.39 is 29.6 Å². The van der Waals surface area contributed by atoms with Crippen LogP contribution < -0.4 is 21.3 Å². The van der Waals surface area contributed by atoms with Crippen LogP contribution in [0, 0.1) is 11.6 Å². The van der Waals surface area contributed by atoms with E-state index in [0.717, 1.165) is 18.9 Å². The third-order valence-electron chi connectivity index (χ3n) is 5.20. The first-order chi connectivity index (χ1) is 15.4. The summed E-state index contributed by atoms with van der Waals surface area (Å²) in [6.45, 7) is 1.77. The van der Waals surface area contributed by atoms with E-state index in [2.05, 4.69) is 31.3 Å². The second kappa shape index (κ2) is 7.59. The molecule has 1 atom stereocenters. The van der Waals surface area contributed by atoms with Crippen molar-refractivity contribution in [1.29, 1.82) is 0 Å². The Morgan fingerprint density at radius 1 is 1.16 bits per heavy atom. The Labute approximate surface area is 180 Å². The maximum absolute atomic E-state index is 13.6. The zero-order valence-corrected chi connectivity index (χ0v) is 16.9. The first-order valence-corrected chi connectivity index (χ1v) is 10.1. The second-order valence-electron chi connectivity index (χ2n) is 7.82. The van der Waals surface area contributed by atoms with Gasteiger partial charge in [0.25, 0.3) is 5.91 Å². The number of fused-ring (bicyclic) bond motifs is 1. The molecule has 2 fully saturated rings. The molecule has 0 bridgehead atoms. The van der Waals surface area contributed by atoms with Crippen LogP contribution in [-0.4, -0.2) is 32.6 Å². The molecule has 1 aliphatic heterocycles. The lowest BCUT2D eigenvalue weighted by Gasteiger charge is -2.17. The molecule has 1 aromatic carbocycles. The highest BCUT2D eigenvalue weighted by atomic mass is 19.1. The van der Waals surface area contributed by atoms with Crippen molar-refractivity contribution < 1.29 is 18.4 Å². The fourth-order valence-corrected chi connectivity index (χ4v) is 3.46. The van der Waals surface area contributed by atoms with Crippen molar-refractivity contribution in [2.45, 2.75) is 31.8 Å². The fourth-order valence-electron chi connectivity index (χ4n) is 3.46. The number of halogens is 2. The summed E-state index contributed by atoms with van der Waals surface area (Å²) in [7, 11) is 0. The molecule has 1 aliphatic carbocycles. The summed E-state index contributed by atoms with van der Waals surface area (Å²) in [6.07, 6.45) is 5.11. The summed E-state index contributed by atoms with van der Waals surface area (Å²) >= 11 is 0. The molecule has 4 N–H and O–H groups in total. The number of anilines is 2. The number of imide groups is 1.